The molecule has 1 amide bonds. The fourth-order valence-electron chi connectivity index (χ4n) is 1.93. The van der Waals surface area contributed by atoms with Crippen molar-refractivity contribution in [3.8, 4) is 0 Å². The van der Waals surface area contributed by atoms with Gasteiger partial charge in [-0.3, -0.25) is 4.79 Å². The third kappa shape index (κ3) is 4.46. The second kappa shape index (κ2) is 6.33. The van der Waals surface area contributed by atoms with Gasteiger partial charge in [-0.25, -0.2) is 17.5 Å². The van der Waals surface area contributed by atoms with Gasteiger partial charge >= 0.3 is 5.97 Å². The molecular weight excluding hydrogens is 272 g/mol. The minimum absolute atomic E-state index is 0.0181. The Hall–Kier alpha value is -1.15. The molecule has 0 spiro atoms. The van der Waals surface area contributed by atoms with E-state index in [1.807, 2.05) is 0 Å². The Balaban J connectivity index is 2.46. The van der Waals surface area contributed by atoms with Crippen LogP contribution in [0.1, 0.15) is 26.7 Å². The van der Waals surface area contributed by atoms with E-state index in [0.29, 0.717) is 13.0 Å². The molecule has 0 unspecified atom stereocenters. The standard InChI is InChI=1S/C11H20N2O5S/c1-8(2)10(11(15)16)12-9(14)4-6-13-5-3-7-19(13,17)18/h8,10H,3-7H2,1-2H3,(H,12,14)(H,15,16)/t10-/m0/s1. The molecule has 0 saturated carbocycles. The monoisotopic (exact) mass is 292 g/mol. The van der Waals surface area contributed by atoms with E-state index in [1.54, 1.807) is 13.8 Å². The SMILES string of the molecule is CC(C)[C@H](NC(=O)CCN1CCCS1(=O)=O)C(=O)O. The van der Waals surface area contributed by atoms with Crippen LogP contribution in [0.3, 0.4) is 0 Å². The molecule has 1 aliphatic heterocycles. The zero-order valence-electron chi connectivity index (χ0n) is 11.1. The van der Waals surface area contributed by atoms with E-state index in [2.05, 4.69) is 5.32 Å². The molecule has 0 aromatic carbocycles. The number of amides is 1. The molecule has 7 nitrogen and oxygen atoms in total. The van der Waals surface area contributed by atoms with Gasteiger partial charge in [0.1, 0.15) is 6.04 Å². The third-order valence-corrected chi connectivity index (χ3v) is 5.00. The summed E-state index contributed by atoms with van der Waals surface area (Å²) in [5.41, 5.74) is 0. The minimum atomic E-state index is -3.21. The van der Waals surface area contributed by atoms with Crippen LogP contribution in [0.2, 0.25) is 0 Å². The summed E-state index contributed by atoms with van der Waals surface area (Å²) >= 11 is 0. The van der Waals surface area contributed by atoms with Crippen molar-refractivity contribution in [3.05, 3.63) is 0 Å². The highest BCUT2D eigenvalue weighted by molar-refractivity contribution is 7.89. The molecule has 1 saturated heterocycles. The van der Waals surface area contributed by atoms with Crippen molar-refractivity contribution < 1.29 is 23.1 Å². The Morgan fingerprint density at radius 1 is 1.37 bits per heavy atom. The van der Waals surface area contributed by atoms with E-state index in [0.717, 1.165) is 0 Å². The first-order chi connectivity index (χ1) is 8.74. The summed E-state index contributed by atoms with van der Waals surface area (Å²) in [4.78, 5) is 22.6. The molecular formula is C11H20N2O5S. The first kappa shape index (κ1) is 15.9. The summed E-state index contributed by atoms with van der Waals surface area (Å²) < 4.78 is 24.3. The zero-order valence-corrected chi connectivity index (χ0v) is 11.9. The van der Waals surface area contributed by atoms with Crippen LogP contribution in [0, 0.1) is 5.92 Å². The molecule has 0 aromatic rings. The number of hydrogen-bond donors (Lipinski definition) is 2. The number of carbonyl (C=O) groups is 2. The second-order valence-electron chi connectivity index (χ2n) is 4.95. The summed E-state index contributed by atoms with van der Waals surface area (Å²) in [7, 11) is -3.21. The average molecular weight is 292 g/mol. The highest BCUT2D eigenvalue weighted by Crippen LogP contribution is 2.13. The lowest BCUT2D eigenvalue weighted by Gasteiger charge is -2.19. The van der Waals surface area contributed by atoms with Crippen molar-refractivity contribution in [2.75, 3.05) is 18.8 Å². The molecule has 1 rings (SSSR count). The van der Waals surface area contributed by atoms with Crippen LogP contribution >= 0.6 is 0 Å². The molecule has 1 atom stereocenters. The van der Waals surface area contributed by atoms with Crippen LogP contribution < -0.4 is 5.32 Å². The van der Waals surface area contributed by atoms with Gasteiger partial charge in [-0.15, -0.1) is 0 Å². The fourth-order valence-corrected chi connectivity index (χ4v) is 3.46. The van der Waals surface area contributed by atoms with E-state index < -0.39 is 27.9 Å². The van der Waals surface area contributed by atoms with Gasteiger partial charge in [-0.05, 0) is 12.3 Å². The number of carboxylic acid groups (broad SMARTS) is 1. The van der Waals surface area contributed by atoms with Gasteiger partial charge in [0.2, 0.25) is 15.9 Å². The van der Waals surface area contributed by atoms with Gasteiger partial charge in [-0.1, -0.05) is 13.8 Å². The number of nitrogens with zero attached hydrogens (tertiary/aromatic N) is 1. The molecule has 0 aliphatic carbocycles. The highest BCUT2D eigenvalue weighted by atomic mass is 32.2. The number of rotatable bonds is 6. The predicted molar refractivity (Wildman–Crippen MR) is 69.0 cm³/mol. The first-order valence-electron chi connectivity index (χ1n) is 6.24. The van der Waals surface area contributed by atoms with Crippen LogP contribution in [0.5, 0.6) is 0 Å². The summed E-state index contributed by atoms with van der Waals surface area (Å²) in [6, 6.07) is -0.942. The lowest BCUT2D eigenvalue weighted by atomic mass is 10.0. The molecule has 19 heavy (non-hydrogen) atoms. The lowest BCUT2D eigenvalue weighted by Crippen LogP contribution is -2.45. The van der Waals surface area contributed by atoms with Gasteiger partial charge in [-0.2, -0.15) is 0 Å². The smallest absolute Gasteiger partial charge is 0.326 e. The third-order valence-electron chi connectivity index (χ3n) is 3.04. The number of hydrogen-bond acceptors (Lipinski definition) is 4. The van der Waals surface area contributed by atoms with E-state index in [9.17, 15) is 18.0 Å². The van der Waals surface area contributed by atoms with Crippen molar-refractivity contribution in [1.29, 1.82) is 0 Å². The van der Waals surface area contributed by atoms with Gasteiger partial charge in [0, 0.05) is 19.5 Å². The number of nitrogens with one attached hydrogen (secondary N) is 1. The van der Waals surface area contributed by atoms with Gasteiger partial charge < -0.3 is 10.4 Å². The fraction of sp³-hybridized carbons (Fsp3) is 0.818. The van der Waals surface area contributed by atoms with Crippen LogP contribution in [0.15, 0.2) is 0 Å². The maximum Gasteiger partial charge on any atom is 0.326 e. The van der Waals surface area contributed by atoms with Crippen molar-refractivity contribution in [3.63, 3.8) is 0 Å². The van der Waals surface area contributed by atoms with E-state index in [4.69, 9.17) is 5.11 Å². The highest BCUT2D eigenvalue weighted by Gasteiger charge is 2.29. The lowest BCUT2D eigenvalue weighted by molar-refractivity contribution is -0.143. The van der Waals surface area contributed by atoms with Crippen molar-refractivity contribution in [1.82, 2.24) is 9.62 Å². The Bertz CT molecular complexity index is 446. The molecule has 0 aromatic heterocycles. The normalized spacial score (nSPS) is 20.4. The maximum atomic E-state index is 11.6. The number of sulfonamides is 1. The summed E-state index contributed by atoms with van der Waals surface area (Å²) in [6.45, 7) is 3.94. The van der Waals surface area contributed by atoms with E-state index >= 15 is 0 Å². The van der Waals surface area contributed by atoms with Crippen molar-refractivity contribution >= 4 is 21.9 Å². The summed E-state index contributed by atoms with van der Waals surface area (Å²) in [6.07, 6.45) is 0.559. The quantitative estimate of drug-likeness (QED) is 0.695. The molecule has 1 heterocycles. The largest absolute Gasteiger partial charge is 0.480 e. The minimum Gasteiger partial charge on any atom is -0.480 e. The topological polar surface area (TPSA) is 104 Å². The van der Waals surface area contributed by atoms with E-state index in [-0.39, 0.29) is 24.6 Å². The van der Waals surface area contributed by atoms with Crippen LogP contribution in [-0.2, 0) is 19.6 Å². The summed E-state index contributed by atoms with van der Waals surface area (Å²) in [5, 5.41) is 11.3. The van der Waals surface area contributed by atoms with Gasteiger partial charge in [0.15, 0.2) is 0 Å². The predicted octanol–water partition coefficient (Wildman–Crippen LogP) is -0.363. The molecule has 110 valence electrons. The molecule has 8 heteroatoms. The Morgan fingerprint density at radius 3 is 2.42 bits per heavy atom. The zero-order chi connectivity index (χ0) is 14.6. The number of carboxylic acids is 1. The van der Waals surface area contributed by atoms with Crippen LogP contribution in [-0.4, -0.2) is 54.6 Å². The molecule has 0 radical (unpaired) electrons. The number of carbonyl (C=O) groups excluding carboxylic acids is 1. The Kier molecular flexibility index (Phi) is 5.30. The Labute approximate surface area is 113 Å². The maximum absolute atomic E-state index is 11.6. The number of aliphatic carboxylic acids is 1. The first-order valence-corrected chi connectivity index (χ1v) is 7.85. The molecule has 2 N–H and O–H groups in total. The van der Waals surface area contributed by atoms with Crippen molar-refractivity contribution in [2.24, 2.45) is 5.92 Å². The van der Waals surface area contributed by atoms with E-state index in [1.165, 1.54) is 4.31 Å². The summed E-state index contributed by atoms with van der Waals surface area (Å²) in [5.74, 6) is -1.63. The van der Waals surface area contributed by atoms with Gasteiger partial charge in [0.05, 0.1) is 5.75 Å². The van der Waals surface area contributed by atoms with Gasteiger partial charge in [0.25, 0.3) is 0 Å². The second-order valence-corrected chi connectivity index (χ2v) is 7.03. The molecule has 0 bridgehead atoms. The average Bonchev–Trinajstić information content (AvgIpc) is 2.61. The van der Waals surface area contributed by atoms with Crippen LogP contribution in [0.4, 0.5) is 0 Å². The molecule has 1 aliphatic rings. The Morgan fingerprint density at radius 2 is 2.00 bits per heavy atom. The van der Waals surface area contributed by atoms with Crippen molar-refractivity contribution in [2.45, 2.75) is 32.7 Å². The van der Waals surface area contributed by atoms with Crippen LogP contribution in [0.25, 0.3) is 0 Å². The molecule has 1 fully saturated rings.